The lowest BCUT2D eigenvalue weighted by Crippen LogP contribution is -2.54. The van der Waals surface area contributed by atoms with Crippen molar-refractivity contribution >= 4 is 8.07 Å². The smallest absolute Gasteiger partial charge is 0.160 e. The Morgan fingerprint density at radius 2 is 1.56 bits per heavy atom. The van der Waals surface area contributed by atoms with Gasteiger partial charge in [0, 0.05) is 5.92 Å². The molecule has 1 heterocycles. The number of ether oxygens (including phenoxy) is 2. The maximum absolute atomic E-state index is 10.6. The fraction of sp³-hybridized carbons (Fsp3) is 1.00. The molecule has 2 aliphatic rings. The molecule has 1 aliphatic carbocycles. The third kappa shape index (κ3) is 2.35. The molecule has 0 unspecified atom stereocenters. The molecule has 1 saturated heterocycles. The van der Waals surface area contributed by atoms with Crippen LogP contribution in [0.3, 0.4) is 0 Å². The molecule has 16 heavy (non-hydrogen) atoms. The highest BCUT2D eigenvalue weighted by molar-refractivity contribution is 6.78. The lowest BCUT2D eigenvalue weighted by Gasteiger charge is -2.44. The number of rotatable bonds is 2. The van der Waals surface area contributed by atoms with Crippen LogP contribution < -0.4 is 0 Å². The summed E-state index contributed by atoms with van der Waals surface area (Å²) >= 11 is 0. The molecule has 0 aromatic heterocycles. The van der Waals surface area contributed by atoms with E-state index in [0.717, 1.165) is 38.9 Å². The van der Waals surface area contributed by atoms with Crippen LogP contribution in [0.15, 0.2) is 0 Å². The van der Waals surface area contributed by atoms with Crippen LogP contribution in [0.1, 0.15) is 25.7 Å². The average Bonchev–Trinajstić information content (AvgIpc) is 2.70. The van der Waals surface area contributed by atoms with Gasteiger partial charge in [0.2, 0.25) is 0 Å². The molecule has 2 fully saturated rings. The lowest BCUT2D eigenvalue weighted by molar-refractivity contribution is -0.104. The van der Waals surface area contributed by atoms with Crippen molar-refractivity contribution in [3.05, 3.63) is 0 Å². The molecule has 2 rings (SSSR count). The highest BCUT2D eigenvalue weighted by Gasteiger charge is 2.45. The first kappa shape index (κ1) is 12.6. The van der Waals surface area contributed by atoms with Gasteiger partial charge in [0.05, 0.1) is 26.5 Å². The Morgan fingerprint density at radius 1 is 1.06 bits per heavy atom. The summed E-state index contributed by atoms with van der Waals surface area (Å²) in [6, 6.07) is 0. The van der Waals surface area contributed by atoms with Crippen molar-refractivity contribution in [1.82, 2.24) is 0 Å². The van der Waals surface area contributed by atoms with E-state index in [4.69, 9.17) is 9.47 Å². The monoisotopic (exact) mass is 244 g/mol. The minimum atomic E-state index is -1.48. The molecule has 3 nitrogen and oxygen atoms in total. The molecule has 0 aromatic carbocycles. The topological polar surface area (TPSA) is 38.7 Å². The summed E-state index contributed by atoms with van der Waals surface area (Å²) in [6.45, 7) is 8.25. The predicted octanol–water partition coefficient (Wildman–Crippen LogP) is 2.16. The SMILES string of the molecule is C[Si](C)(C)C1(O)CCC(C2OCCO2)CC1. The highest BCUT2D eigenvalue weighted by atomic mass is 28.3. The summed E-state index contributed by atoms with van der Waals surface area (Å²) in [4.78, 5) is 0. The van der Waals surface area contributed by atoms with Gasteiger partial charge in [-0.25, -0.2) is 0 Å². The summed E-state index contributed by atoms with van der Waals surface area (Å²) in [7, 11) is -1.48. The Labute approximate surface area is 99.1 Å². The summed E-state index contributed by atoms with van der Waals surface area (Å²) in [5.74, 6) is 0.499. The zero-order valence-electron chi connectivity index (χ0n) is 10.7. The zero-order valence-corrected chi connectivity index (χ0v) is 11.7. The fourth-order valence-electron chi connectivity index (χ4n) is 2.79. The molecule has 0 aromatic rings. The summed E-state index contributed by atoms with van der Waals surface area (Å²) in [5.41, 5.74) is 0. The molecule has 0 amide bonds. The van der Waals surface area contributed by atoms with E-state index in [1.807, 2.05) is 0 Å². The summed E-state index contributed by atoms with van der Waals surface area (Å²) in [5, 5.41) is 10.3. The van der Waals surface area contributed by atoms with Crippen LogP contribution in [0.5, 0.6) is 0 Å². The van der Waals surface area contributed by atoms with Gasteiger partial charge in [-0.05, 0) is 25.7 Å². The van der Waals surface area contributed by atoms with Crippen LogP contribution in [0.4, 0.5) is 0 Å². The van der Waals surface area contributed by atoms with E-state index >= 15 is 0 Å². The van der Waals surface area contributed by atoms with Gasteiger partial charge in [-0.2, -0.15) is 0 Å². The molecule has 0 radical (unpaired) electrons. The van der Waals surface area contributed by atoms with E-state index in [-0.39, 0.29) is 11.5 Å². The van der Waals surface area contributed by atoms with Crippen LogP contribution in [0.2, 0.25) is 19.6 Å². The first-order chi connectivity index (χ1) is 7.42. The minimum absolute atomic E-state index is 0.00573. The van der Waals surface area contributed by atoms with Crippen molar-refractivity contribution in [1.29, 1.82) is 0 Å². The normalized spacial score (nSPS) is 37.9. The van der Waals surface area contributed by atoms with Gasteiger partial charge in [-0.3, -0.25) is 0 Å². The quantitative estimate of drug-likeness (QED) is 0.757. The van der Waals surface area contributed by atoms with Gasteiger partial charge >= 0.3 is 0 Å². The molecule has 94 valence electrons. The van der Waals surface area contributed by atoms with E-state index in [2.05, 4.69) is 19.6 Å². The fourth-order valence-corrected chi connectivity index (χ4v) is 4.58. The van der Waals surface area contributed by atoms with Crippen molar-refractivity contribution in [3.63, 3.8) is 0 Å². The molecule has 4 heteroatoms. The predicted molar refractivity (Wildman–Crippen MR) is 65.9 cm³/mol. The first-order valence-corrected chi connectivity index (χ1v) is 9.88. The second-order valence-electron chi connectivity index (χ2n) is 6.23. The Kier molecular flexibility index (Phi) is 3.46. The largest absolute Gasteiger partial charge is 0.393 e. The van der Waals surface area contributed by atoms with Gasteiger partial charge in [-0.1, -0.05) is 19.6 Å². The van der Waals surface area contributed by atoms with E-state index in [9.17, 15) is 5.11 Å². The van der Waals surface area contributed by atoms with Crippen LogP contribution in [-0.2, 0) is 9.47 Å². The molecular weight excluding hydrogens is 220 g/mol. The molecule has 1 aliphatic heterocycles. The lowest BCUT2D eigenvalue weighted by atomic mass is 9.86. The Bertz CT molecular complexity index is 235. The number of aliphatic hydroxyl groups is 1. The van der Waals surface area contributed by atoms with Gasteiger partial charge in [-0.15, -0.1) is 0 Å². The van der Waals surface area contributed by atoms with Crippen molar-refractivity contribution in [2.75, 3.05) is 13.2 Å². The van der Waals surface area contributed by atoms with Crippen LogP contribution in [-0.4, -0.2) is 37.9 Å². The maximum atomic E-state index is 10.6. The third-order valence-electron chi connectivity index (χ3n) is 4.29. The van der Waals surface area contributed by atoms with E-state index in [1.54, 1.807) is 0 Å². The standard InChI is InChI=1S/C12H24O3Si/c1-16(2,3)12(13)6-4-10(5-7-12)11-14-8-9-15-11/h10-11,13H,4-9H2,1-3H3. The van der Waals surface area contributed by atoms with Crippen molar-refractivity contribution in [2.45, 2.75) is 56.8 Å². The third-order valence-corrected chi connectivity index (χ3v) is 7.58. The van der Waals surface area contributed by atoms with Gasteiger partial charge < -0.3 is 14.6 Å². The van der Waals surface area contributed by atoms with Gasteiger partial charge in [0.25, 0.3) is 0 Å². The van der Waals surface area contributed by atoms with Crippen molar-refractivity contribution in [2.24, 2.45) is 5.92 Å². The van der Waals surface area contributed by atoms with Gasteiger partial charge in [0.15, 0.2) is 6.29 Å². The second-order valence-corrected chi connectivity index (χ2v) is 11.7. The maximum Gasteiger partial charge on any atom is 0.160 e. The van der Waals surface area contributed by atoms with E-state index in [0.29, 0.717) is 5.92 Å². The molecule has 1 N–H and O–H groups in total. The van der Waals surface area contributed by atoms with Crippen molar-refractivity contribution in [3.8, 4) is 0 Å². The number of hydrogen-bond acceptors (Lipinski definition) is 3. The van der Waals surface area contributed by atoms with Gasteiger partial charge in [0.1, 0.15) is 0 Å². The Hall–Kier alpha value is 0.0969. The van der Waals surface area contributed by atoms with Crippen LogP contribution >= 0.6 is 0 Å². The Morgan fingerprint density at radius 3 is 2.00 bits per heavy atom. The minimum Gasteiger partial charge on any atom is -0.393 e. The molecular formula is C12H24O3Si. The summed E-state index contributed by atoms with van der Waals surface area (Å²) in [6.07, 6.45) is 3.95. The Balaban J connectivity index is 1.91. The molecule has 0 bridgehead atoms. The summed E-state index contributed by atoms with van der Waals surface area (Å²) < 4.78 is 11.1. The average molecular weight is 244 g/mol. The van der Waals surface area contributed by atoms with E-state index in [1.165, 1.54) is 0 Å². The van der Waals surface area contributed by atoms with E-state index < -0.39 is 8.07 Å². The highest BCUT2D eigenvalue weighted by Crippen LogP contribution is 2.40. The van der Waals surface area contributed by atoms with Crippen LogP contribution in [0.25, 0.3) is 0 Å². The zero-order chi connectivity index (χ0) is 11.8. The molecule has 0 spiro atoms. The van der Waals surface area contributed by atoms with Crippen molar-refractivity contribution < 1.29 is 14.6 Å². The van der Waals surface area contributed by atoms with Crippen LogP contribution in [0, 0.1) is 5.92 Å². The first-order valence-electron chi connectivity index (χ1n) is 6.38. The second kappa shape index (κ2) is 4.41. The number of hydrogen-bond donors (Lipinski definition) is 1. The molecule has 0 atom stereocenters. The molecule has 1 saturated carbocycles.